The normalized spacial score (nSPS) is 11.7. The third-order valence-corrected chi connectivity index (χ3v) is 3.30. The van der Waals surface area contributed by atoms with E-state index in [9.17, 15) is 19.2 Å². The summed E-state index contributed by atoms with van der Waals surface area (Å²) >= 11 is 0. The van der Waals surface area contributed by atoms with Crippen molar-refractivity contribution in [2.75, 3.05) is 6.54 Å². The molecule has 3 N–H and O–H groups in total. The van der Waals surface area contributed by atoms with E-state index in [-0.39, 0.29) is 18.2 Å². The predicted octanol–water partition coefficient (Wildman–Crippen LogP) is 1.23. The number of hydrogen-bond acceptors (Lipinski definition) is 4. The fourth-order valence-corrected chi connectivity index (χ4v) is 2.06. The van der Waals surface area contributed by atoms with Crippen molar-refractivity contribution in [2.45, 2.75) is 33.2 Å². The van der Waals surface area contributed by atoms with Crippen LogP contribution in [0.15, 0.2) is 24.3 Å². The van der Waals surface area contributed by atoms with Crippen LogP contribution in [0.2, 0.25) is 0 Å². The summed E-state index contributed by atoms with van der Waals surface area (Å²) in [5.74, 6) is -2.15. The fraction of sp³-hybridized carbons (Fsp3) is 0.412. The second kappa shape index (κ2) is 8.81. The van der Waals surface area contributed by atoms with Crippen molar-refractivity contribution < 1.29 is 24.3 Å². The molecule has 7 nitrogen and oxygen atoms in total. The number of amides is 2. The molecule has 0 spiro atoms. The Hall–Kier alpha value is -2.70. The van der Waals surface area contributed by atoms with Crippen molar-refractivity contribution in [1.82, 2.24) is 10.6 Å². The topological polar surface area (TPSA) is 113 Å². The number of aliphatic carboxylic acids is 1. The van der Waals surface area contributed by atoms with Crippen LogP contribution in [0.3, 0.4) is 0 Å². The molecular weight excluding hydrogens is 312 g/mol. The first-order valence-corrected chi connectivity index (χ1v) is 7.62. The summed E-state index contributed by atoms with van der Waals surface area (Å²) in [4.78, 5) is 46.0. The summed E-state index contributed by atoms with van der Waals surface area (Å²) in [6.07, 6.45) is 0.307. The minimum absolute atomic E-state index is 0.105. The van der Waals surface area contributed by atoms with Gasteiger partial charge in [0, 0.05) is 11.1 Å². The molecule has 0 saturated carbocycles. The van der Waals surface area contributed by atoms with Crippen LogP contribution in [-0.4, -0.2) is 41.3 Å². The maximum atomic E-state index is 11.9. The number of nitrogens with one attached hydrogen (secondary N) is 2. The van der Waals surface area contributed by atoms with Crippen LogP contribution in [0.5, 0.6) is 0 Å². The van der Waals surface area contributed by atoms with Gasteiger partial charge in [-0.05, 0) is 31.4 Å². The Morgan fingerprint density at radius 2 is 1.58 bits per heavy atom. The van der Waals surface area contributed by atoms with Gasteiger partial charge in [0.1, 0.15) is 6.04 Å². The molecule has 1 aromatic rings. The van der Waals surface area contributed by atoms with Gasteiger partial charge in [-0.3, -0.25) is 14.4 Å². The van der Waals surface area contributed by atoms with Crippen LogP contribution in [0.1, 0.15) is 47.9 Å². The number of carboxylic acid groups (broad SMARTS) is 1. The van der Waals surface area contributed by atoms with Gasteiger partial charge in [0.05, 0.1) is 6.54 Å². The maximum Gasteiger partial charge on any atom is 0.326 e. The summed E-state index contributed by atoms with van der Waals surface area (Å²) < 4.78 is 0. The van der Waals surface area contributed by atoms with Crippen molar-refractivity contribution in [3.05, 3.63) is 35.4 Å². The number of Topliss-reactive ketones (excluding diaryl/α,β-unsaturated/α-hetero) is 1. The molecule has 0 fully saturated rings. The molecule has 0 bridgehead atoms. The van der Waals surface area contributed by atoms with E-state index in [0.717, 1.165) is 0 Å². The lowest BCUT2D eigenvalue weighted by molar-refractivity contribution is -0.142. The predicted molar refractivity (Wildman–Crippen MR) is 87.8 cm³/mol. The molecule has 0 saturated heterocycles. The number of hydrogen-bond donors (Lipinski definition) is 3. The average Bonchev–Trinajstić information content (AvgIpc) is 2.51. The Kier molecular flexibility index (Phi) is 7.10. The van der Waals surface area contributed by atoms with Crippen LogP contribution in [0, 0.1) is 5.92 Å². The van der Waals surface area contributed by atoms with Crippen molar-refractivity contribution >= 4 is 23.6 Å². The summed E-state index contributed by atoms with van der Waals surface area (Å²) in [5, 5.41) is 13.9. The molecule has 1 aromatic carbocycles. The molecule has 0 unspecified atom stereocenters. The number of carbonyl (C=O) groups excluding carboxylic acids is 3. The number of benzene rings is 1. The smallest absolute Gasteiger partial charge is 0.326 e. The van der Waals surface area contributed by atoms with Gasteiger partial charge in [-0.25, -0.2) is 4.79 Å². The van der Waals surface area contributed by atoms with Gasteiger partial charge < -0.3 is 15.7 Å². The molecular formula is C17H22N2O5. The van der Waals surface area contributed by atoms with Gasteiger partial charge in [-0.15, -0.1) is 0 Å². The highest BCUT2D eigenvalue weighted by atomic mass is 16.4. The Morgan fingerprint density at radius 1 is 1.04 bits per heavy atom. The van der Waals surface area contributed by atoms with E-state index >= 15 is 0 Å². The first-order chi connectivity index (χ1) is 11.2. The number of carbonyl (C=O) groups is 4. The van der Waals surface area contributed by atoms with Crippen LogP contribution in [-0.2, 0) is 9.59 Å². The lowest BCUT2D eigenvalue weighted by Crippen LogP contribution is -2.46. The summed E-state index contributed by atoms with van der Waals surface area (Å²) in [7, 11) is 0. The monoisotopic (exact) mass is 334 g/mol. The van der Waals surface area contributed by atoms with Crippen molar-refractivity contribution in [2.24, 2.45) is 5.92 Å². The van der Waals surface area contributed by atoms with Crippen molar-refractivity contribution in [1.29, 1.82) is 0 Å². The average molecular weight is 334 g/mol. The highest BCUT2D eigenvalue weighted by Gasteiger charge is 2.21. The van der Waals surface area contributed by atoms with E-state index in [2.05, 4.69) is 10.6 Å². The number of carboxylic acids is 1. The lowest BCUT2D eigenvalue weighted by Gasteiger charge is -2.16. The van der Waals surface area contributed by atoms with E-state index in [4.69, 9.17) is 5.11 Å². The molecule has 0 aromatic heterocycles. The zero-order chi connectivity index (χ0) is 18.3. The van der Waals surface area contributed by atoms with Gasteiger partial charge in [0.15, 0.2) is 5.78 Å². The van der Waals surface area contributed by atoms with Gasteiger partial charge in [0.2, 0.25) is 5.91 Å². The standard InChI is InChI=1S/C17H22N2O5/c1-10(2)8-14(17(23)24)19-15(21)9-18-16(22)13-6-4-12(5-7-13)11(3)20/h4-7,10,14H,8-9H2,1-3H3,(H,18,22)(H,19,21)(H,23,24)/t14-/m0/s1. The molecule has 7 heteroatoms. The quantitative estimate of drug-likeness (QED) is 0.619. The highest BCUT2D eigenvalue weighted by molar-refractivity contribution is 5.99. The van der Waals surface area contributed by atoms with Crippen molar-refractivity contribution in [3.8, 4) is 0 Å². The van der Waals surface area contributed by atoms with E-state index in [1.165, 1.54) is 31.2 Å². The van der Waals surface area contributed by atoms with Crippen LogP contribution < -0.4 is 10.6 Å². The molecule has 0 aliphatic rings. The lowest BCUT2D eigenvalue weighted by atomic mass is 10.0. The number of rotatable bonds is 8. The van der Waals surface area contributed by atoms with Crippen molar-refractivity contribution in [3.63, 3.8) is 0 Å². The molecule has 130 valence electrons. The highest BCUT2D eigenvalue weighted by Crippen LogP contribution is 2.06. The Morgan fingerprint density at radius 3 is 2.04 bits per heavy atom. The SMILES string of the molecule is CC(=O)c1ccc(C(=O)NCC(=O)N[C@@H](CC(C)C)C(=O)O)cc1. The second-order valence-electron chi connectivity index (χ2n) is 5.90. The third kappa shape index (κ3) is 6.20. The van der Waals surface area contributed by atoms with Crippen LogP contribution in [0.4, 0.5) is 0 Å². The zero-order valence-corrected chi connectivity index (χ0v) is 14.0. The molecule has 2 amide bonds. The molecule has 1 rings (SSSR count). The van der Waals surface area contributed by atoms with Gasteiger partial charge >= 0.3 is 5.97 Å². The van der Waals surface area contributed by atoms with Gasteiger partial charge in [-0.2, -0.15) is 0 Å². The molecule has 1 atom stereocenters. The van der Waals surface area contributed by atoms with E-state index in [1.54, 1.807) is 0 Å². The second-order valence-corrected chi connectivity index (χ2v) is 5.90. The Labute approximate surface area is 140 Å². The minimum Gasteiger partial charge on any atom is -0.480 e. The maximum absolute atomic E-state index is 11.9. The summed E-state index contributed by atoms with van der Waals surface area (Å²) in [6, 6.07) is 5.05. The minimum atomic E-state index is -1.11. The first-order valence-electron chi connectivity index (χ1n) is 7.62. The van der Waals surface area contributed by atoms with E-state index in [1.807, 2.05) is 13.8 Å². The molecule has 0 heterocycles. The van der Waals surface area contributed by atoms with Gasteiger partial charge in [0.25, 0.3) is 5.91 Å². The Balaban J connectivity index is 2.55. The molecule has 0 aliphatic carbocycles. The molecule has 0 aliphatic heterocycles. The van der Waals surface area contributed by atoms with E-state index < -0.39 is 23.8 Å². The third-order valence-electron chi connectivity index (χ3n) is 3.30. The first kappa shape index (κ1) is 19.3. The zero-order valence-electron chi connectivity index (χ0n) is 14.0. The van der Waals surface area contributed by atoms with E-state index in [0.29, 0.717) is 17.5 Å². The summed E-state index contributed by atoms with van der Waals surface area (Å²) in [5.41, 5.74) is 0.798. The fourth-order valence-electron chi connectivity index (χ4n) is 2.06. The largest absolute Gasteiger partial charge is 0.480 e. The Bertz CT molecular complexity index is 622. The molecule has 0 radical (unpaired) electrons. The van der Waals surface area contributed by atoms with Gasteiger partial charge in [-0.1, -0.05) is 26.0 Å². The number of ketones is 1. The molecule has 24 heavy (non-hydrogen) atoms. The van der Waals surface area contributed by atoms with Crippen LogP contribution in [0.25, 0.3) is 0 Å². The van der Waals surface area contributed by atoms with Crippen LogP contribution >= 0.6 is 0 Å². The summed E-state index contributed by atoms with van der Waals surface area (Å²) in [6.45, 7) is 4.81.